The SMILES string of the molecule is CN=C(NCc1nc(C)c(C)s1)N1CC(C)CC(C)C1. The molecule has 0 radical (unpaired) electrons. The van der Waals surface area contributed by atoms with Crippen molar-refractivity contribution in [3.05, 3.63) is 15.6 Å². The first kappa shape index (κ1) is 15.3. The van der Waals surface area contributed by atoms with Crippen molar-refractivity contribution in [2.24, 2.45) is 16.8 Å². The van der Waals surface area contributed by atoms with Crippen LogP contribution in [0, 0.1) is 25.7 Å². The molecule has 1 saturated heterocycles. The van der Waals surface area contributed by atoms with Gasteiger partial charge in [0.05, 0.1) is 12.2 Å². The van der Waals surface area contributed by atoms with E-state index in [0.717, 1.165) is 48.1 Å². The minimum absolute atomic E-state index is 0.738. The number of aromatic nitrogens is 1. The predicted octanol–water partition coefficient (Wildman–Crippen LogP) is 2.81. The summed E-state index contributed by atoms with van der Waals surface area (Å²) in [6.07, 6.45) is 1.32. The molecular weight excluding hydrogens is 268 g/mol. The van der Waals surface area contributed by atoms with E-state index in [2.05, 4.69) is 47.9 Å². The number of hydrogen-bond donors (Lipinski definition) is 1. The molecule has 1 aliphatic heterocycles. The number of guanidine groups is 1. The molecule has 0 aromatic carbocycles. The van der Waals surface area contributed by atoms with Gasteiger partial charge in [0.15, 0.2) is 5.96 Å². The number of thiazole rings is 1. The molecule has 20 heavy (non-hydrogen) atoms. The molecule has 2 rings (SSSR count). The summed E-state index contributed by atoms with van der Waals surface area (Å²) in [6.45, 7) is 11.8. The fourth-order valence-corrected chi connectivity index (χ4v) is 3.81. The third-order valence-corrected chi connectivity index (χ3v) is 4.92. The van der Waals surface area contributed by atoms with Crippen molar-refractivity contribution >= 4 is 17.3 Å². The van der Waals surface area contributed by atoms with Crippen molar-refractivity contribution in [2.75, 3.05) is 20.1 Å². The molecule has 112 valence electrons. The van der Waals surface area contributed by atoms with Gasteiger partial charge in [-0.05, 0) is 32.1 Å². The summed E-state index contributed by atoms with van der Waals surface area (Å²) < 4.78 is 0. The van der Waals surface area contributed by atoms with Crippen molar-refractivity contribution in [2.45, 2.75) is 40.7 Å². The van der Waals surface area contributed by atoms with E-state index in [1.165, 1.54) is 11.3 Å². The van der Waals surface area contributed by atoms with Crippen LogP contribution in [0.15, 0.2) is 4.99 Å². The second-order valence-corrected chi connectivity index (χ2v) is 7.29. The van der Waals surface area contributed by atoms with E-state index in [1.54, 1.807) is 11.3 Å². The van der Waals surface area contributed by atoms with Crippen LogP contribution in [0.2, 0.25) is 0 Å². The first-order valence-electron chi connectivity index (χ1n) is 7.38. The third kappa shape index (κ3) is 3.72. The van der Waals surface area contributed by atoms with Gasteiger partial charge in [-0.15, -0.1) is 11.3 Å². The second-order valence-electron chi connectivity index (χ2n) is 6.00. The molecule has 0 spiro atoms. The highest BCUT2D eigenvalue weighted by Crippen LogP contribution is 2.21. The van der Waals surface area contributed by atoms with Crippen LogP contribution in [-0.2, 0) is 6.54 Å². The second kappa shape index (κ2) is 6.57. The van der Waals surface area contributed by atoms with Gasteiger partial charge in [0.1, 0.15) is 5.01 Å². The average molecular weight is 294 g/mol. The lowest BCUT2D eigenvalue weighted by Crippen LogP contribution is -2.48. The predicted molar refractivity (Wildman–Crippen MR) is 86.3 cm³/mol. The number of nitrogens with one attached hydrogen (secondary N) is 1. The van der Waals surface area contributed by atoms with Crippen molar-refractivity contribution in [1.29, 1.82) is 0 Å². The Morgan fingerprint density at radius 2 is 2.00 bits per heavy atom. The molecule has 4 nitrogen and oxygen atoms in total. The molecule has 1 aromatic rings. The topological polar surface area (TPSA) is 40.5 Å². The van der Waals surface area contributed by atoms with E-state index in [1.807, 2.05) is 7.05 Å². The van der Waals surface area contributed by atoms with Crippen molar-refractivity contribution in [3.8, 4) is 0 Å². The lowest BCUT2D eigenvalue weighted by molar-refractivity contribution is 0.208. The molecule has 2 unspecified atom stereocenters. The van der Waals surface area contributed by atoms with Crippen LogP contribution >= 0.6 is 11.3 Å². The smallest absolute Gasteiger partial charge is 0.194 e. The largest absolute Gasteiger partial charge is 0.350 e. The summed E-state index contributed by atoms with van der Waals surface area (Å²) >= 11 is 1.77. The van der Waals surface area contributed by atoms with Crippen LogP contribution in [0.4, 0.5) is 0 Å². The lowest BCUT2D eigenvalue weighted by Gasteiger charge is -2.37. The number of aryl methyl sites for hydroxylation is 2. The van der Waals surface area contributed by atoms with Gasteiger partial charge >= 0.3 is 0 Å². The molecular formula is C15H26N4S. The van der Waals surface area contributed by atoms with Crippen molar-refractivity contribution < 1.29 is 0 Å². The first-order valence-corrected chi connectivity index (χ1v) is 8.19. The molecule has 5 heteroatoms. The van der Waals surface area contributed by atoms with Crippen LogP contribution < -0.4 is 5.32 Å². The maximum absolute atomic E-state index is 4.57. The molecule has 1 aliphatic rings. The minimum atomic E-state index is 0.738. The Bertz CT molecular complexity index is 451. The van der Waals surface area contributed by atoms with Crippen molar-refractivity contribution in [1.82, 2.24) is 15.2 Å². The summed E-state index contributed by atoms with van der Waals surface area (Å²) in [4.78, 5) is 12.7. The van der Waals surface area contributed by atoms with Crippen LogP contribution in [0.5, 0.6) is 0 Å². The van der Waals surface area contributed by atoms with E-state index in [9.17, 15) is 0 Å². The molecule has 2 heterocycles. The summed E-state index contributed by atoms with van der Waals surface area (Å²) in [6, 6.07) is 0. The molecule has 0 aliphatic carbocycles. The van der Waals surface area contributed by atoms with Gasteiger partial charge in [-0.25, -0.2) is 4.98 Å². The van der Waals surface area contributed by atoms with Crippen molar-refractivity contribution in [3.63, 3.8) is 0 Å². The van der Waals surface area contributed by atoms with E-state index < -0.39 is 0 Å². The Morgan fingerprint density at radius 3 is 2.50 bits per heavy atom. The highest BCUT2D eigenvalue weighted by atomic mass is 32.1. The molecule has 0 bridgehead atoms. The normalized spacial score (nSPS) is 24.1. The van der Waals surface area contributed by atoms with E-state index in [0.29, 0.717) is 0 Å². The maximum atomic E-state index is 4.57. The van der Waals surface area contributed by atoms with Gasteiger partial charge in [0.25, 0.3) is 0 Å². The molecule has 1 N–H and O–H groups in total. The zero-order valence-electron chi connectivity index (χ0n) is 13.2. The number of hydrogen-bond acceptors (Lipinski definition) is 3. The zero-order chi connectivity index (χ0) is 14.7. The maximum Gasteiger partial charge on any atom is 0.194 e. The Labute approximate surface area is 126 Å². The highest BCUT2D eigenvalue weighted by Gasteiger charge is 2.24. The molecule has 1 aromatic heterocycles. The molecule has 1 fully saturated rings. The first-order chi connectivity index (χ1) is 9.49. The fourth-order valence-electron chi connectivity index (χ4n) is 2.94. The van der Waals surface area contributed by atoms with Gasteiger partial charge < -0.3 is 10.2 Å². The summed E-state index contributed by atoms with van der Waals surface area (Å²) in [5.41, 5.74) is 1.14. The number of piperidine rings is 1. The molecule has 0 saturated carbocycles. The monoisotopic (exact) mass is 294 g/mol. The van der Waals surface area contributed by atoms with Gasteiger partial charge in [0, 0.05) is 25.0 Å². The fraction of sp³-hybridized carbons (Fsp3) is 0.733. The third-order valence-electron chi connectivity index (χ3n) is 3.85. The van der Waals surface area contributed by atoms with Crippen LogP contribution in [0.1, 0.15) is 35.8 Å². The lowest BCUT2D eigenvalue weighted by atomic mass is 9.92. The Morgan fingerprint density at radius 1 is 1.35 bits per heavy atom. The van der Waals surface area contributed by atoms with E-state index >= 15 is 0 Å². The number of rotatable bonds is 2. The zero-order valence-corrected chi connectivity index (χ0v) is 14.0. The Balaban J connectivity index is 1.95. The summed E-state index contributed by atoms with van der Waals surface area (Å²) in [7, 11) is 1.87. The Hall–Kier alpha value is -1.10. The van der Waals surface area contributed by atoms with Gasteiger partial charge in [-0.3, -0.25) is 4.99 Å². The van der Waals surface area contributed by atoms with Crippen LogP contribution in [0.25, 0.3) is 0 Å². The van der Waals surface area contributed by atoms with E-state index in [-0.39, 0.29) is 0 Å². The highest BCUT2D eigenvalue weighted by molar-refractivity contribution is 7.11. The van der Waals surface area contributed by atoms with Crippen LogP contribution in [-0.4, -0.2) is 36.0 Å². The van der Waals surface area contributed by atoms with Crippen LogP contribution in [0.3, 0.4) is 0 Å². The van der Waals surface area contributed by atoms with Gasteiger partial charge in [-0.2, -0.15) is 0 Å². The van der Waals surface area contributed by atoms with Gasteiger partial charge in [-0.1, -0.05) is 13.8 Å². The summed E-state index contributed by atoms with van der Waals surface area (Å²) in [5, 5.41) is 4.60. The quantitative estimate of drug-likeness (QED) is 0.673. The molecule has 0 amide bonds. The summed E-state index contributed by atoms with van der Waals surface area (Å²) in [5.74, 6) is 2.48. The van der Waals surface area contributed by atoms with E-state index in [4.69, 9.17) is 0 Å². The van der Waals surface area contributed by atoms with Gasteiger partial charge in [0.2, 0.25) is 0 Å². The molecule has 2 atom stereocenters. The minimum Gasteiger partial charge on any atom is -0.350 e. The number of likely N-dealkylation sites (tertiary alicyclic amines) is 1. The Kier molecular flexibility index (Phi) is 5.02. The average Bonchev–Trinajstić information content (AvgIpc) is 2.68. The standard InChI is InChI=1S/C15H26N4S/c1-10-6-11(2)9-19(8-10)15(16-5)17-7-14-18-12(3)13(4)20-14/h10-11H,6-9H2,1-5H3,(H,16,17). The number of nitrogens with zero attached hydrogens (tertiary/aromatic N) is 3. The number of aliphatic imine (C=N–C) groups is 1.